The lowest BCUT2D eigenvalue weighted by Crippen LogP contribution is -2.42. The minimum Gasteiger partial charge on any atom is -0.406 e. The normalized spacial score (nSPS) is 20.1. The van der Waals surface area contributed by atoms with Crippen molar-refractivity contribution in [2.75, 3.05) is 25.0 Å². The number of anilines is 1. The molecule has 2 fully saturated rings. The summed E-state index contributed by atoms with van der Waals surface area (Å²) in [5, 5.41) is 2.71. The Labute approximate surface area is 163 Å². The second-order valence-electron chi connectivity index (χ2n) is 7.49. The predicted molar refractivity (Wildman–Crippen MR) is 99.2 cm³/mol. The summed E-state index contributed by atoms with van der Waals surface area (Å²) in [6, 6.07) is 5.14. The molecule has 1 amide bonds. The quantitative estimate of drug-likeness (QED) is 0.772. The van der Waals surface area contributed by atoms with E-state index in [9.17, 15) is 18.0 Å². The molecule has 1 aromatic rings. The van der Waals surface area contributed by atoms with Gasteiger partial charge in [0.2, 0.25) is 5.91 Å². The van der Waals surface area contributed by atoms with Crippen LogP contribution in [0.3, 0.4) is 0 Å². The van der Waals surface area contributed by atoms with Crippen molar-refractivity contribution in [2.24, 2.45) is 0 Å². The van der Waals surface area contributed by atoms with Crippen molar-refractivity contribution in [1.29, 1.82) is 0 Å². The zero-order chi connectivity index (χ0) is 20.0. The first kappa shape index (κ1) is 20.9. The standard InChI is InChI=1S/C20H27F3N2O3/c21-20(22,23)28-18-8-6-15(7-9-18)24-19(26)14-25-12-10-17(11-13-25)27-16-4-2-1-3-5-16/h6-9,16-17H,1-5,10-14H2,(H,24,26). The summed E-state index contributed by atoms with van der Waals surface area (Å²) in [7, 11) is 0. The lowest BCUT2D eigenvalue weighted by Gasteiger charge is -2.34. The minimum absolute atomic E-state index is 0.184. The molecule has 2 aliphatic rings. The number of carbonyl (C=O) groups is 1. The van der Waals surface area contributed by atoms with E-state index >= 15 is 0 Å². The zero-order valence-electron chi connectivity index (χ0n) is 15.8. The SMILES string of the molecule is O=C(CN1CCC(OC2CCCCC2)CC1)Nc1ccc(OC(F)(F)F)cc1. The number of halogens is 3. The van der Waals surface area contributed by atoms with Crippen LogP contribution < -0.4 is 10.1 Å². The van der Waals surface area contributed by atoms with Crippen LogP contribution in [-0.2, 0) is 9.53 Å². The second kappa shape index (κ2) is 9.60. The van der Waals surface area contributed by atoms with Crippen molar-refractivity contribution in [3.63, 3.8) is 0 Å². The minimum atomic E-state index is -4.72. The number of nitrogens with zero attached hydrogens (tertiary/aromatic N) is 1. The van der Waals surface area contributed by atoms with Gasteiger partial charge in [0.25, 0.3) is 0 Å². The van der Waals surface area contributed by atoms with E-state index in [1.807, 2.05) is 0 Å². The van der Waals surface area contributed by atoms with Crippen LogP contribution >= 0.6 is 0 Å². The number of likely N-dealkylation sites (tertiary alicyclic amines) is 1. The lowest BCUT2D eigenvalue weighted by molar-refractivity contribution is -0.274. The third-order valence-electron chi connectivity index (χ3n) is 5.21. The van der Waals surface area contributed by atoms with Gasteiger partial charge < -0.3 is 14.8 Å². The predicted octanol–water partition coefficient (Wildman–Crippen LogP) is 4.34. The van der Waals surface area contributed by atoms with Gasteiger partial charge in [-0.25, -0.2) is 0 Å². The van der Waals surface area contributed by atoms with Crippen LogP contribution in [0.1, 0.15) is 44.9 Å². The number of carbonyl (C=O) groups excluding carboxylic acids is 1. The number of rotatable bonds is 6. The highest BCUT2D eigenvalue weighted by Crippen LogP contribution is 2.25. The van der Waals surface area contributed by atoms with Crippen molar-refractivity contribution < 1.29 is 27.4 Å². The summed E-state index contributed by atoms with van der Waals surface area (Å²) in [6.45, 7) is 1.88. The van der Waals surface area contributed by atoms with Gasteiger partial charge in [-0.2, -0.15) is 0 Å². The van der Waals surface area contributed by atoms with Crippen LogP contribution in [0.4, 0.5) is 18.9 Å². The molecule has 1 N–H and O–H groups in total. The first-order valence-corrected chi connectivity index (χ1v) is 9.91. The van der Waals surface area contributed by atoms with Gasteiger partial charge in [0, 0.05) is 18.8 Å². The lowest BCUT2D eigenvalue weighted by atomic mass is 9.97. The molecule has 0 aromatic heterocycles. The summed E-state index contributed by atoms with van der Waals surface area (Å²) in [5.41, 5.74) is 0.440. The fourth-order valence-corrected chi connectivity index (χ4v) is 3.82. The molecule has 28 heavy (non-hydrogen) atoms. The molecule has 0 radical (unpaired) electrons. The van der Waals surface area contributed by atoms with E-state index < -0.39 is 6.36 Å². The fourth-order valence-electron chi connectivity index (χ4n) is 3.82. The summed E-state index contributed by atoms with van der Waals surface area (Å²) >= 11 is 0. The van der Waals surface area contributed by atoms with Gasteiger partial charge in [-0.15, -0.1) is 13.2 Å². The van der Waals surface area contributed by atoms with E-state index in [0.717, 1.165) is 38.8 Å². The van der Waals surface area contributed by atoms with Gasteiger partial charge in [0.15, 0.2) is 0 Å². The van der Waals surface area contributed by atoms with Crippen LogP contribution in [0, 0.1) is 0 Å². The number of amides is 1. The molecule has 0 spiro atoms. The number of hydrogen-bond acceptors (Lipinski definition) is 4. The molecule has 156 valence electrons. The van der Waals surface area contributed by atoms with Crippen molar-refractivity contribution in [3.8, 4) is 5.75 Å². The van der Waals surface area contributed by atoms with Gasteiger partial charge in [0.05, 0.1) is 18.8 Å². The number of benzene rings is 1. The van der Waals surface area contributed by atoms with Crippen molar-refractivity contribution in [3.05, 3.63) is 24.3 Å². The Balaban J connectivity index is 1.37. The molecule has 1 aromatic carbocycles. The van der Waals surface area contributed by atoms with Crippen LogP contribution in [0.25, 0.3) is 0 Å². The maximum Gasteiger partial charge on any atom is 0.573 e. The molecule has 3 rings (SSSR count). The third kappa shape index (κ3) is 6.98. The van der Waals surface area contributed by atoms with E-state index in [1.54, 1.807) is 0 Å². The van der Waals surface area contributed by atoms with Crippen LogP contribution in [0.15, 0.2) is 24.3 Å². The third-order valence-corrected chi connectivity index (χ3v) is 5.21. The zero-order valence-corrected chi connectivity index (χ0v) is 15.8. The monoisotopic (exact) mass is 400 g/mol. The number of ether oxygens (including phenoxy) is 2. The summed E-state index contributed by atoms with van der Waals surface area (Å²) < 4.78 is 46.5. The molecule has 8 heteroatoms. The molecule has 0 unspecified atom stereocenters. The molecule has 1 heterocycles. The van der Waals surface area contributed by atoms with Crippen LogP contribution in [0.2, 0.25) is 0 Å². The highest BCUT2D eigenvalue weighted by Gasteiger charge is 2.31. The number of hydrogen-bond donors (Lipinski definition) is 1. The molecule has 1 aliphatic carbocycles. The molecule has 1 saturated heterocycles. The number of alkyl halides is 3. The Morgan fingerprint density at radius 3 is 2.21 bits per heavy atom. The smallest absolute Gasteiger partial charge is 0.406 e. The van der Waals surface area contributed by atoms with Crippen molar-refractivity contribution in [2.45, 2.75) is 63.5 Å². The first-order valence-electron chi connectivity index (χ1n) is 9.91. The highest BCUT2D eigenvalue weighted by molar-refractivity contribution is 5.92. The van der Waals surface area contributed by atoms with Gasteiger partial charge >= 0.3 is 6.36 Å². The fraction of sp³-hybridized carbons (Fsp3) is 0.650. The van der Waals surface area contributed by atoms with Crippen LogP contribution in [0.5, 0.6) is 5.75 Å². The summed E-state index contributed by atoms with van der Waals surface area (Å²) in [4.78, 5) is 14.3. The van der Waals surface area contributed by atoms with Crippen molar-refractivity contribution in [1.82, 2.24) is 4.90 Å². The molecule has 0 atom stereocenters. The maximum atomic E-state index is 12.2. The second-order valence-corrected chi connectivity index (χ2v) is 7.49. The average molecular weight is 400 g/mol. The molecule has 1 saturated carbocycles. The molecule has 1 aliphatic heterocycles. The largest absolute Gasteiger partial charge is 0.573 e. The molecule has 0 bridgehead atoms. The molecule has 5 nitrogen and oxygen atoms in total. The highest BCUT2D eigenvalue weighted by atomic mass is 19.4. The maximum absolute atomic E-state index is 12.2. The Morgan fingerprint density at radius 1 is 1.00 bits per heavy atom. The van der Waals surface area contributed by atoms with Crippen LogP contribution in [-0.4, -0.2) is 49.0 Å². The molecular weight excluding hydrogens is 373 g/mol. The first-order chi connectivity index (χ1) is 13.4. The Bertz CT molecular complexity index is 623. The van der Waals surface area contributed by atoms with Gasteiger partial charge in [-0.3, -0.25) is 9.69 Å². The van der Waals surface area contributed by atoms with E-state index in [0.29, 0.717) is 11.8 Å². The Morgan fingerprint density at radius 2 is 1.61 bits per heavy atom. The Kier molecular flexibility index (Phi) is 7.18. The average Bonchev–Trinajstić information content (AvgIpc) is 2.65. The summed E-state index contributed by atoms with van der Waals surface area (Å²) in [6.07, 6.45) is 3.95. The Hall–Kier alpha value is -1.80. The van der Waals surface area contributed by atoms with Crippen molar-refractivity contribution >= 4 is 11.6 Å². The number of nitrogens with one attached hydrogen (secondary N) is 1. The van der Waals surface area contributed by atoms with Gasteiger partial charge in [-0.1, -0.05) is 19.3 Å². The van der Waals surface area contributed by atoms with E-state index in [-0.39, 0.29) is 24.3 Å². The topological polar surface area (TPSA) is 50.8 Å². The molecular formula is C20H27F3N2O3. The summed E-state index contributed by atoms with van der Waals surface area (Å²) in [5.74, 6) is -0.498. The van der Waals surface area contributed by atoms with E-state index in [1.165, 1.54) is 43.5 Å². The number of piperidine rings is 1. The van der Waals surface area contributed by atoms with E-state index in [4.69, 9.17) is 4.74 Å². The van der Waals surface area contributed by atoms with Gasteiger partial charge in [0.1, 0.15) is 5.75 Å². The van der Waals surface area contributed by atoms with Gasteiger partial charge in [-0.05, 0) is 49.9 Å². The van der Waals surface area contributed by atoms with E-state index in [2.05, 4.69) is 15.0 Å².